The highest BCUT2D eigenvalue weighted by Gasteiger charge is 2.33. The average molecular weight is 609 g/mol. The van der Waals surface area contributed by atoms with E-state index >= 15 is 0 Å². The zero-order chi connectivity index (χ0) is 29.9. The van der Waals surface area contributed by atoms with Crippen molar-refractivity contribution >= 4 is 27.2 Å². The van der Waals surface area contributed by atoms with Crippen molar-refractivity contribution < 1.29 is 14.3 Å². The summed E-state index contributed by atoms with van der Waals surface area (Å²) in [4.78, 5) is 20.3. The first-order valence-corrected chi connectivity index (χ1v) is 17.5. The lowest BCUT2D eigenvalue weighted by atomic mass is 9.91. The molecule has 1 saturated carbocycles. The van der Waals surface area contributed by atoms with Crippen LogP contribution in [0.3, 0.4) is 0 Å². The van der Waals surface area contributed by atoms with Gasteiger partial charge in [-0.05, 0) is 144 Å². The normalized spacial score (nSPS) is 21.2. The molecule has 3 heterocycles. The van der Waals surface area contributed by atoms with Gasteiger partial charge in [-0.1, -0.05) is 18.6 Å². The maximum atomic E-state index is 14.2. The first kappa shape index (κ1) is 29.5. The Bertz CT molecular complexity index is 1570. The predicted molar refractivity (Wildman–Crippen MR) is 181 cm³/mol. The van der Waals surface area contributed by atoms with Gasteiger partial charge in [-0.25, -0.2) is 0 Å². The van der Waals surface area contributed by atoms with E-state index in [1.54, 1.807) is 11.3 Å². The highest BCUT2D eigenvalue weighted by Crippen LogP contribution is 2.41. The molecule has 3 aliphatic rings. The fraction of sp³-hybridized carbons (Fsp3) is 0.447. The van der Waals surface area contributed by atoms with Crippen LogP contribution < -0.4 is 9.47 Å². The highest BCUT2D eigenvalue weighted by atomic mass is 32.1. The number of ether oxygens (including phenoxy) is 2. The Labute approximate surface area is 265 Å². The molecular weight excluding hydrogens is 564 g/mol. The molecule has 3 fully saturated rings. The number of thiophene rings is 1. The number of hydrogen-bond acceptors (Lipinski definition) is 6. The Morgan fingerprint density at radius 3 is 2.30 bits per heavy atom. The number of carbonyl (C=O) groups is 1. The van der Waals surface area contributed by atoms with Crippen molar-refractivity contribution in [2.75, 3.05) is 39.3 Å². The van der Waals surface area contributed by atoms with Crippen LogP contribution in [0.25, 0.3) is 20.5 Å². The lowest BCUT2D eigenvalue weighted by Crippen LogP contribution is -2.46. The van der Waals surface area contributed by atoms with Gasteiger partial charge in [0.25, 0.3) is 0 Å². The van der Waals surface area contributed by atoms with Gasteiger partial charge in [0.1, 0.15) is 24.2 Å². The van der Waals surface area contributed by atoms with E-state index < -0.39 is 0 Å². The molecule has 2 unspecified atom stereocenters. The van der Waals surface area contributed by atoms with Crippen LogP contribution in [0.15, 0.2) is 66.7 Å². The lowest BCUT2D eigenvalue weighted by molar-refractivity contribution is 0.0485. The van der Waals surface area contributed by atoms with Crippen LogP contribution in [-0.2, 0) is 0 Å². The van der Waals surface area contributed by atoms with Gasteiger partial charge in [-0.2, -0.15) is 0 Å². The zero-order valence-electron chi connectivity index (χ0n) is 25.9. The van der Waals surface area contributed by atoms with E-state index in [4.69, 9.17) is 9.47 Å². The Morgan fingerprint density at radius 2 is 1.52 bits per heavy atom. The SMILES string of the molecule is Cc1ccc2c(C(=O)c3ccc(OC4CCCCC4N4CCCC4)cc3)c(-c3ccc(OCCN4CCCC4)cc3)sc2c1. The molecule has 4 aromatic rings. The fourth-order valence-electron chi connectivity index (χ4n) is 7.34. The van der Waals surface area contributed by atoms with E-state index in [1.807, 2.05) is 36.4 Å². The van der Waals surface area contributed by atoms with E-state index in [9.17, 15) is 4.79 Å². The molecule has 230 valence electrons. The summed E-state index contributed by atoms with van der Waals surface area (Å²) in [6, 6.07) is 23.1. The third kappa shape index (κ3) is 6.44. The first-order valence-electron chi connectivity index (χ1n) is 16.7. The van der Waals surface area contributed by atoms with Crippen molar-refractivity contribution in [1.29, 1.82) is 0 Å². The smallest absolute Gasteiger partial charge is 0.195 e. The summed E-state index contributed by atoms with van der Waals surface area (Å²) >= 11 is 1.70. The number of benzene rings is 3. The van der Waals surface area contributed by atoms with Crippen LogP contribution in [0, 0.1) is 6.92 Å². The van der Waals surface area contributed by atoms with Crippen LogP contribution in [-0.4, -0.2) is 67.1 Å². The molecule has 3 aromatic carbocycles. The molecule has 0 bridgehead atoms. The minimum absolute atomic E-state index is 0.0557. The summed E-state index contributed by atoms with van der Waals surface area (Å²) in [7, 11) is 0. The van der Waals surface area contributed by atoms with Crippen LogP contribution in [0.4, 0.5) is 0 Å². The van der Waals surface area contributed by atoms with Gasteiger partial charge < -0.3 is 9.47 Å². The summed E-state index contributed by atoms with van der Waals surface area (Å²) in [5.41, 5.74) is 3.72. The Balaban J connectivity index is 1.10. The molecule has 0 spiro atoms. The van der Waals surface area contributed by atoms with E-state index in [0.29, 0.717) is 18.2 Å². The average Bonchev–Trinajstić information content (AvgIpc) is 3.84. The van der Waals surface area contributed by atoms with Crippen LogP contribution in [0.1, 0.15) is 72.9 Å². The molecule has 44 heavy (non-hydrogen) atoms. The molecule has 1 aromatic heterocycles. The third-order valence-corrected chi connectivity index (χ3v) is 10.9. The maximum Gasteiger partial charge on any atom is 0.195 e. The number of aryl methyl sites for hydroxylation is 1. The maximum absolute atomic E-state index is 14.2. The van der Waals surface area contributed by atoms with Gasteiger partial charge in [0.15, 0.2) is 5.78 Å². The first-order chi connectivity index (χ1) is 21.6. The van der Waals surface area contributed by atoms with Gasteiger partial charge in [0, 0.05) is 38.7 Å². The minimum atomic E-state index is 0.0557. The lowest BCUT2D eigenvalue weighted by Gasteiger charge is -2.37. The molecular formula is C38H44N2O3S. The standard InChI is InChI=1S/C38H44N2O3S/c1-27-10-19-32-35(26-27)44-38(29-13-15-30(16-14-29)42-25-24-39-20-4-5-21-39)36(32)37(41)28-11-17-31(18-12-28)43-34-9-3-2-8-33(34)40-22-6-7-23-40/h10-19,26,33-34H,2-9,20-25H2,1H3. The second kappa shape index (κ2) is 13.4. The molecule has 1 aliphatic carbocycles. The molecule has 0 radical (unpaired) electrons. The summed E-state index contributed by atoms with van der Waals surface area (Å²) in [5, 5.41) is 1.02. The topological polar surface area (TPSA) is 42.0 Å². The van der Waals surface area contributed by atoms with Gasteiger partial charge >= 0.3 is 0 Å². The molecule has 6 heteroatoms. The van der Waals surface area contributed by atoms with Crippen LogP contribution >= 0.6 is 11.3 Å². The van der Waals surface area contributed by atoms with Gasteiger partial charge in [-0.3, -0.25) is 14.6 Å². The van der Waals surface area contributed by atoms with Gasteiger partial charge in [0.2, 0.25) is 0 Å². The number of ketones is 1. The van der Waals surface area contributed by atoms with Crippen LogP contribution in [0.5, 0.6) is 11.5 Å². The summed E-state index contributed by atoms with van der Waals surface area (Å²) in [5.74, 6) is 1.79. The summed E-state index contributed by atoms with van der Waals surface area (Å²) in [6.45, 7) is 8.53. The molecule has 0 N–H and O–H groups in total. The number of rotatable bonds is 10. The highest BCUT2D eigenvalue weighted by molar-refractivity contribution is 7.22. The Kier molecular flexibility index (Phi) is 9.01. The summed E-state index contributed by atoms with van der Waals surface area (Å²) in [6.07, 6.45) is 10.3. The van der Waals surface area contributed by atoms with Crippen molar-refractivity contribution in [3.63, 3.8) is 0 Å². The van der Waals surface area contributed by atoms with E-state index in [0.717, 1.165) is 50.6 Å². The van der Waals surface area contributed by atoms with E-state index in [-0.39, 0.29) is 11.9 Å². The number of likely N-dealkylation sites (tertiary alicyclic amines) is 2. The number of nitrogens with zero attached hydrogens (tertiary/aromatic N) is 2. The second-order valence-electron chi connectivity index (χ2n) is 12.8. The van der Waals surface area contributed by atoms with Gasteiger partial charge in [0.05, 0.1) is 0 Å². The van der Waals surface area contributed by atoms with Crippen molar-refractivity contribution in [3.8, 4) is 21.9 Å². The number of hydrogen-bond donors (Lipinski definition) is 0. The largest absolute Gasteiger partial charge is 0.492 e. The van der Waals surface area contributed by atoms with E-state index in [1.165, 1.54) is 76.7 Å². The molecule has 2 saturated heterocycles. The molecule has 0 amide bonds. The molecule has 7 rings (SSSR count). The number of fused-ring (bicyclic) bond motifs is 1. The summed E-state index contributed by atoms with van der Waals surface area (Å²) < 4.78 is 13.8. The van der Waals surface area contributed by atoms with Crippen molar-refractivity contribution in [1.82, 2.24) is 9.80 Å². The zero-order valence-corrected chi connectivity index (χ0v) is 26.7. The Hall–Kier alpha value is -3.19. The monoisotopic (exact) mass is 608 g/mol. The van der Waals surface area contributed by atoms with Crippen LogP contribution in [0.2, 0.25) is 0 Å². The van der Waals surface area contributed by atoms with Crippen molar-refractivity contribution in [2.24, 2.45) is 0 Å². The minimum Gasteiger partial charge on any atom is -0.492 e. The quantitative estimate of drug-likeness (QED) is 0.169. The van der Waals surface area contributed by atoms with Gasteiger partial charge in [-0.15, -0.1) is 11.3 Å². The predicted octanol–water partition coefficient (Wildman–Crippen LogP) is 8.37. The molecule has 5 nitrogen and oxygen atoms in total. The Morgan fingerprint density at radius 1 is 0.818 bits per heavy atom. The van der Waals surface area contributed by atoms with Crippen molar-refractivity contribution in [3.05, 3.63) is 83.4 Å². The third-order valence-electron chi connectivity index (χ3n) is 9.75. The second-order valence-corrected chi connectivity index (χ2v) is 13.9. The number of carbonyl (C=O) groups excluding carboxylic acids is 1. The fourth-order valence-corrected chi connectivity index (χ4v) is 8.65. The molecule has 2 atom stereocenters. The molecule has 2 aliphatic heterocycles. The van der Waals surface area contributed by atoms with Crippen molar-refractivity contribution in [2.45, 2.75) is 70.4 Å². The van der Waals surface area contributed by atoms with E-state index in [2.05, 4.69) is 47.1 Å².